The van der Waals surface area contributed by atoms with E-state index in [2.05, 4.69) is 5.32 Å². The van der Waals surface area contributed by atoms with E-state index in [1.54, 1.807) is 0 Å². The lowest BCUT2D eigenvalue weighted by atomic mass is 9.93. The molecule has 3 atom stereocenters. The molecule has 0 unspecified atom stereocenters. The second-order valence-corrected chi connectivity index (χ2v) is 5.79. The molecule has 0 aliphatic rings. The van der Waals surface area contributed by atoms with Gasteiger partial charge < -0.3 is 11.1 Å². The highest BCUT2D eigenvalue weighted by atomic mass is 16.2. The first-order chi connectivity index (χ1) is 9.86. The Labute approximate surface area is 127 Å². The quantitative estimate of drug-likeness (QED) is 0.810. The zero-order valence-electron chi connectivity index (χ0n) is 13.3. The van der Waals surface area contributed by atoms with Crippen LogP contribution in [0.5, 0.6) is 0 Å². The SMILES string of the molecule is CC[C@H](C)[C@H](NC(=O)C[C@@H](C)c1ccccc1C)C(N)=O. The van der Waals surface area contributed by atoms with Crippen molar-refractivity contribution in [3.63, 3.8) is 0 Å². The third kappa shape index (κ3) is 4.88. The zero-order valence-corrected chi connectivity index (χ0v) is 13.3. The Bertz CT molecular complexity index is 499. The van der Waals surface area contributed by atoms with Crippen LogP contribution in [0.25, 0.3) is 0 Å². The van der Waals surface area contributed by atoms with Crippen LogP contribution in [-0.4, -0.2) is 17.9 Å². The average molecular weight is 290 g/mol. The van der Waals surface area contributed by atoms with Gasteiger partial charge >= 0.3 is 0 Å². The van der Waals surface area contributed by atoms with Gasteiger partial charge in [-0.25, -0.2) is 0 Å². The van der Waals surface area contributed by atoms with Gasteiger partial charge in [0.05, 0.1) is 0 Å². The summed E-state index contributed by atoms with van der Waals surface area (Å²) in [6.45, 7) is 7.95. The first kappa shape index (κ1) is 17.2. The smallest absolute Gasteiger partial charge is 0.240 e. The lowest BCUT2D eigenvalue weighted by molar-refractivity contribution is -0.128. The highest BCUT2D eigenvalue weighted by Gasteiger charge is 2.24. The summed E-state index contributed by atoms with van der Waals surface area (Å²) in [6, 6.07) is 7.44. The number of aryl methyl sites for hydroxylation is 1. The van der Waals surface area contributed by atoms with Crippen LogP contribution in [0.15, 0.2) is 24.3 Å². The number of carbonyl (C=O) groups excluding carboxylic acids is 2. The Kier molecular flexibility index (Phi) is 6.40. The highest BCUT2D eigenvalue weighted by Crippen LogP contribution is 2.22. The Morgan fingerprint density at radius 2 is 1.86 bits per heavy atom. The molecule has 0 aromatic heterocycles. The van der Waals surface area contributed by atoms with Crippen molar-refractivity contribution in [3.05, 3.63) is 35.4 Å². The fourth-order valence-electron chi connectivity index (χ4n) is 2.49. The largest absolute Gasteiger partial charge is 0.368 e. The minimum Gasteiger partial charge on any atom is -0.368 e. The number of rotatable bonds is 7. The van der Waals surface area contributed by atoms with E-state index in [-0.39, 0.29) is 17.7 Å². The monoisotopic (exact) mass is 290 g/mol. The number of hydrogen-bond acceptors (Lipinski definition) is 2. The second kappa shape index (κ2) is 7.81. The van der Waals surface area contributed by atoms with Gasteiger partial charge in [0.1, 0.15) is 6.04 Å². The molecule has 1 rings (SSSR count). The summed E-state index contributed by atoms with van der Waals surface area (Å²) < 4.78 is 0. The first-order valence-electron chi connectivity index (χ1n) is 7.51. The number of benzene rings is 1. The molecule has 0 spiro atoms. The van der Waals surface area contributed by atoms with Gasteiger partial charge in [-0.1, -0.05) is 51.5 Å². The fourth-order valence-corrected chi connectivity index (χ4v) is 2.49. The molecule has 116 valence electrons. The number of nitrogens with one attached hydrogen (secondary N) is 1. The lowest BCUT2D eigenvalue weighted by Gasteiger charge is -2.22. The maximum absolute atomic E-state index is 12.2. The second-order valence-electron chi connectivity index (χ2n) is 5.79. The minimum atomic E-state index is -0.591. The molecular formula is C17H26N2O2. The van der Waals surface area contributed by atoms with E-state index in [1.807, 2.05) is 52.0 Å². The molecule has 0 saturated heterocycles. The molecule has 4 heteroatoms. The van der Waals surface area contributed by atoms with Crippen LogP contribution in [0.3, 0.4) is 0 Å². The van der Waals surface area contributed by atoms with Gasteiger partial charge in [-0.15, -0.1) is 0 Å². The van der Waals surface area contributed by atoms with Gasteiger partial charge in [-0.3, -0.25) is 9.59 Å². The van der Waals surface area contributed by atoms with E-state index in [0.717, 1.165) is 12.0 Å². The van der Waals surface area contributed by atoms with E-state index >= 15 is 0 Å². The Morgan fingerprint density at radius 3 is 2.38 bits per heavy atom. The molecule has 0 fully saturated rings. The summed E-state index contributed by atoms with van der Waals surface area (Å²) in [5.74, 6) is -0.451. The number of carbonyl (C=O) groups is 2. The summed E-state index contributed by atoms with van der Waals surface area (Å²) in [6.07, 6.45) is 1.15. The van der Waals surface area contributed by atoms with Crippen molar-refractivity contribution in [1.29, 1.82) is 0 Å². The number of amides is 2. The van der Waals surface area contributed by atoms with Gasteiger partial charge in [-0.05, 0) is 29.9 Å². The van der Waals surface area contributed by atoms with Crippen LogP contribution in [0.2, 0.25) is 0 Å². The fraction of sp³-hybridized carbons (Fsp3) is 0.529. The van der Waals surface area contributed by atoms with Crippen LogP contribution < -0.4 is 11.1 Å². The van der Waals surface area contributed by atoms with Crippen molar-refractivity contribution >= 4 is 11.8 Å². The van der Waals surface area contributed by atoms with E-state index in [4.69, 9.17) is 5.73 Å². The van der Waals surface area contributed by atoms with E-state index in [0.29, 0.717) is 6.42 Å². The van der Waals surface area contributed by atoms with Crippen molar-refractivity contribution in [2.45, 2.75) is 52.5 Å². The van der Waals surface area contributed by atoms with Crippen molar-refractivity contribution in [2.75, 3.05) is 0 Å². The molecule has 21 heavy (non-hydrogen) atoms. The summed E-state index contributed by atoms with van der Waals surface area (Å²) in [4.78, 5) is 23.6. The van der Waals surface area contributed by atoms with Gasteiger partial charge in [0.25, 0.3) is 0 Å². The predicted octanol–water partition coefficient (Wildman–Crippen LogP) is 2.50. The van der Waals surface area contributed by atoms with Crippen LogP contribution in [0, 0.1) is 12.8 Å². The Morgan fingerprint density at radius 1 is 1.24 bits per heavy atom. The molecule has 0 aliphatic heterocycles. The van der Waals surface area contributed by atoms with Gasteiger partial charge in [0.15, 0.2) is 0 Å². The van der Waals surface area contributed by atoms with Crippen molar-refractivity contribution in [2.24, 2.45) is 11.7 Å². The molecule has 3 N–H and O–H groups in total. The standard InChI is InChI=1S/C17H26N2O2/c1-5-11(2)16(17(18)21)19-15(20)10-13(4)14-9-7-6-8-12(14)3/h6-9,11,13,16H,5,10H2,1-4H3,(H2,18,21)(H,19,20)/t11-,13+,16-/m0/s1. The van der Waals surface area contributed by atoms with Crippen LogP contribution in [0.1, 0.15) is 50.7 Å². The molecule has 0 radical (unpaired) electrons. The van der Waals surface area contributed by atoms with Crippen LogP contribution in [0.4, 0.5) is 0 Å². The molecule has 0 heterocycles. The minimum absolute atomic E-state index is 0.0419. The third-order valence-electron chi connectivity index (χ3n) is 4.05. The molecule has 4 nitrogen and oxygen atoms in total. The van der Waals surface area contributed by atoms with Crippen LogP contribution >= 0.6 is 0 Å². The van der Waals surface area contributed by atoms with Crippen LogP contribution in [-0.2, 0) is 9.59 Å². The van der Waals surface area contributed by atoms with E-state index in [9.17, 15) is 9.59 Å². The first-order valence-corrected chi connectivity index (χ1v) is 7.51. The molecule has 0 saturated carbocycles. The lowest BCUT2D eigenvalue weighted by Crippen LogP contribution is -2.48. The van der Waals surface area contributed by atoms with Gasteiger partial charge in [-0.2, -0.15) is 0 Å². The van der Waals surface area contributed by atoms with E-state index < -0.39 is 11.9 Å². The topological polar surface area (TPSA) is 72.2 Å². The Balaban J connectivity index is 2.68. The molecule has 0 aliphatic carbocycles. The van der Waals surface area contributed by atoms with E-state index in [1.165, 1.54) is 5.56 Å². The van der Waals surface area contributed by atoms with Crippen molar-refractivity contribution < 1.29 is 9.59 Å². The summed E-state index contributed by atoms with van der Waals surface area (Å²) in [7, 11) is 0. The normalized spacial score (nSPS) is 15.0. The predicted molar refractivity (Wildman–Crippen MR) is 84.8 cm³/mol. The number of primary amides is 1. The molecule has 1 aromatic carbocycles. The molecule has 2 amide bonds. The maximum atomic E-state index is 12.2. The Hall–Kier alpha value is -1.84. The number of hydrogen-bond donors (Lipinski definition) is 2. The highest BCUT2D eigenvalue weighted by molar-refractivity contribution is 5.87. The number of nitrogens with two attached hydrogens (primary N) is 1. The van der Waals surface area contributed by atoms with Crippen molar-refractivity contribution in [3.8, 4) is 0 Å². The van der Waals surface area contributed by atoms with Crippen molar-refractivity contribution in [1.82, 2.24) is 5.32 Å². The molecule has 0 bridgehead atoms. The summed E-state index contributed by atoms with van der Waals surface area (Å²) >= 11 is 0. The third-order valence-corrected chi connectivity index (χ3v) is 4.05. The maximum Gasteiger partial charge on any atom is 0.240 e. The average Bonchev–Trinajstić information content (AvgIpc) is 2.44. The summed E-state index contributed by atoms with van der Waals surface area (Å²) in [5.41, 5.74) is 7.71. The molecule has 1 aromatic rings. The zero-order chi connectivity index (χ0) is 16.0. The summed E-state index contributed by atoms with van der Waals surface area (Å²) in [5, 5.41) is 2.77. The van der Waals surface area contributed by atoms with Gasteiger partial charge in [0, 0.05) is 6.42 Å². The van der Waals surface area contributed by atoms with Gasteiger partial charge in [0.2, 0.25) is 11.8 Å². The molecular weight excluding hydrogens is 264 g/mol.